The molecule has 0 aliphatic rings. The van der Waals surface area contributed by atoms with Gasteiger partial charge in [0.1, 0.15) is 0 Å². The van der Waals surface area contributed by atoms with Crippen LogP contribution < -0.4 is 5.32 Å². The summed E-state index contributed by atoms with van der Waals surface area (Å²) in [7, 11) is 0. The van der Waals surface area contributed by atoms with E-state index in [-0.39, 0.29) is 24.5 Å². The predicted octanol–water partition coefficient (Wildman–Crippen LogP) is 5.83. The van der Waals surface area contributed by atoms with Gasteiger partial charge in [-0.05, 0) is 36.4 Å². The van der Waals surface area contributed by atoms with Crippen molar-refractivity contribution in [1.82, 2.24) is 4.98 Å². The van der Waals surface area contributed by atoms with Crippen molar-refractivity contribution >= 4 is 55.7 Å². The maximum atomic E-state index is 12.1. The van der Waals surface area contributed by atoms with Gasteiger partial charge in [-0.25, -0.2) is 4.98 Å². The van der Waals surface area contributed by atoms with E-state index >= 15 is 0 Å². The van der Waals surface area contributed by atoms with E-state index < -0.39 is 0 Å². The first-order valence-electron chi connectivity index (χ1n) is 7.81. The number of ketones is 1. The fourth-order valence-electron chi connectivity index (χ4n) is 2.27. The largest absolute Gasteiger partial charge is 0.302 e. The Morgan fingerprint density at radius 3 is 2.42 bits per heavy atom. The number of carbonyl (C=O) groups is 2. The minimum atomic E-state index is -0.232. The molecular weight excluding hydrogens is 436 g/mol. The molecule has 3 aromatic rings. The van der Waals surface area contributed by atoms with E-state index in [1.165, 1.54) is 11.3 Å². The average Bonchev–Trinajstić information content (AvgIpc) is 3.09. The molecule has 1 aromatic heterocycles. The SMILES string of the molecule is O=C(CCC(=O)c1ccc(Cl)cc1)Nc1nc(-c2ccc(Br)cc2)cs1. The predicted molar refractivity (Wildman–Crippen MR) is 109 cm³/mol. The van der Waals surface area contributed by atoms with Crippen LogP contribution in [-0.2, 0) is 4.79 Å². The van der Waals surface area contributed by atoms with Crippen LogP contribution in [0.5, 0.6) is 0 Å². The van der Waals surface area contributed by atoms with Crippen LogP contribution in [-0.4, -0.2) is 16.7 Å². The minimum absolute atomic E-state index is 0.0912. The highest BCUT2D eigenvalue weighted by molar-refractivity contribution is 9.10. The molecule has 0 atom stereocenters. The lowest BCUT2D eigenvalue weighted by molar-refractivity contribution is -0.116. The van der Waals surface area contributed by atoms with Gasteiger partial charge in [0.05, 0.1) is 5.69 Å². The summed E-state index contributed by atoms with van der Waals surface area (Å²) in [5.74, 6) is -0.324. The fraction of sp³-hybridized carbons (Fsp3) is 0.105. The minimum Gasteiger partial charge on any atom is -0.302 e. The normalized spacial score (nSPS) is 10.5. The lowest BCUT2D eigenvalue weighted by Gasteiger charge is -2.02. The molecule has 0 spiro atoms. The van der Waals surface area contributed by atoms with Crippen LogP contribution in [0.15, 0.2) is 58.4 Å². The Hall–Kier alpha value is -2.02. The maximum absolute atomic E-state index is 12.1. The molecule has 0 saturated carbocycles. The van der Waals surface area contributed by atoms with Gasteiger partial charge >= 0.3 is 0 Å². The average molecular weight is 450 g/mol. The van der Waals surface area contributed by atoms with Gasteiger partial charge in [0.25, 0.3) is 0 Å². The number of Topliss-reactive ketones (excluding diaryl/α,β-unsaturated/α-hetero) is 1. The molecule has 4 nitrogen and oxygen atoms in total. The molecule has 3 rings (SSSR count). The molecule has 0 fully saturated rings. The zero-order chi connectivity index (χ0) is 18.5. The van der Waals surface area contributed by atoms with Crippen molar-refractivity contribution in [2.45, 2.75) is 12.8 Å². The van der Waals surface area contributed by atoms with E-state index in [2.05, 4.69) is 26.2 Å². The number of nitrogens with one attached hydrogen (secondary N) is 1. The number of hydrogen-bond acceptors (Lipinski definition) is 4. The number of carbonyl (C=O) groups excluding carboxylic acids is 2. The van der Waals surface area contributed by atoms with E-state index in [1.54, 1.807) is 24.3 Å². The Kier molecular flexibility index (Phi) is 6.19. The fourth-order valence-corrected chi connectivity index (χ4v) is 3.40. The second kappa shape index (κ2) is 8.58. The monoisotopic (exact) mass is 448 g/mol. The van der Waals surface area contributed by atoms with Crippen LogP contribution in [0.4, 0.5) is 5.13 Å². The zero-order valence-electron chi connectivity index (χ0n) is 13.5. The highest BCUT2D eigenvalue weighted by Crippen LogP contribution is 2.26. The Bertz CT molecular complexity index is 923. The summed E-state index contributed by atoms with van der Waals surface area (Å²) in [6.45, 7) is 0. The van der Waals surface area contributed by atoms with Crippen molar-refractivity contribution < 1.29 is 9.59 Å². The topological polar surface area (TPSA) is 59.1 Å². The molecule has 1 heterocycles. The Morgan fingerprint density at radius 1 is 1.04 bits per heavy atom. The number of rotatable bonds is 6. The van der Waals surface area contributed by atoms with Gasteiger partial charge in [0, 0.05) is 38.8 Å². The van der Waals surface area contributed by atoms with Gasteiger partial charge < -0.3 is 5.32 Å². The van der Waals surface area contributed by atoms with E-state index in [4.69, 9.17) is 11.6 Å². The van der Waals surface area contributed by atoms with E-state index in [9.17, 15) is 9.59 Å². The summed E-state index contributed by atoms with van der Waals surface area (Å²) in [5, 5.41) is 5.73. The van der Waals surface area contributed by atoms with Gasteiger partial charge in [-0.1, -0.05) is 39.7 Å². The van der Waals surface area contributed by atoms with Crippen molar-refractivity contribution in [2.75, 3.05) is 5.32 Å². The lowest BCUT2D eigenvalue weighted by Crippen LogP contribution is -2.13. The Balaban J connectivity index is 1.54. The van der Waals surface area contributed by atoms with Crippen molar-refractivity contribution in [2.24, 2.45) is 0 Å². The van der Waals surface area contributed by atoms with Crippen LogP contribution in [0, 0.1) is 0 Å². The van der Waals surface area contributed by atoms with Crippen molar-refractivity contribution in [3.05, 3.63) is 69.0 Å². The van der Waals surface area contributed by atoms with Crippen molar-refractivity contribution in [1.29, 1.82) is 0 Å². The summed E-state index contributed by atoms with van der Waals surface area (Å²) < 4.78 is 0.996. The van der Waals surface area contributed by atoms with Crippen LogP contribution in [0.3, 0.4) is 0 Å². The molecule has 0 unspecified atom stereocenters. The second-order valence-corrected chi connectivity index (χ2v) is 7.73. The quantitative estimate of drug-likeness (QED) is 0.482. The molecule has 1 N–H and O–H groups in total. The summed E-state index contributed by atoms with van der Waals surface area (Å²) in [4.78, 5) is 28.6. The Labute approximate surface area is 168 Å². The number of anilines is 1. The highest BCUT2D eigenvalue weighted by atomic mass is 79.9. The molecule has 0 saturated heterocycles. The number of thiazole rings is 1. The molecule has 0 aliphatic heterocycles. The molecule has 0 bridgehead atoms. The number of hydrogen-bond donors (Lipinski definition) is 1. The summed E-state index contributed by atoms with van der Waals surface area (Å²) in [5.41, 5.74) is 2.33. The second-order valence-electron chi connectivity index (χ2n) is 5.52. The van der Waals surface area contributed by atoms with Crippen molar-refractivity contribution in [3.8, 4) is 11.3 Å². The Morgan fingerprint density at radius 2 is 1.73 bits per heavy atom. The third-order valence-corrected chi connectivity index (χ3v) is 5.17. The van der Waals surface area contributed by atoms with Gasteiger partial charge in [0.2, 0.25) is 5.91 Å². The van der Waals surface area contributed by atoms with Crippen LogP contribution in [0.25, 0.3) is 11.3 Å². The summed E-state index contributed by atoms with van der Waals surface area (Å²) in [6, 6.07) is 14.4. The van der Waals surface area contributed by atoms with E-state index in [0.717, 1.165) is 15.7 Å². The van der Waals surface area contributed by atoms with Gasteiger partial charge in [-0.3, -0.25) is 9.59 Å². The third-order valence-electron chi connectivity index (χ3n) is 3.64. The summed E-state index contributed by atoms with van der Waals surface area (Å²) in [6.07, 6.45) is 0.243. The molecule has 1 amide bonds. The number of amides is 1. The van der Waals surface area contributed by atoms with Gasteiger partial charge in [-0.2, -0.15) is 0 Å². The first kappa shape index (κ1) is 18.8. The highest BCUT2D eigenvalue weighted by Gasteiger charge is 2.12. The first-order chi connectivity index (χ1) is 12.5. The molecule has 0 aliphatic carbocycles. The number of aromatic nitrogens is 1. The maximum Gasteiger partial charge on any atom is 0.226 e. The van der Waals surface area contributed by atoms with Crippen LogP contribution in [0.1, 0.15) is 23.2 Å². The van der Waals surface area contributed by atoms with Crippen LogP contribution in [0.2, 0.25) is 5.02 Å². The molecule has 7 heteroatoms. The summed E-state index contributed by atoms with van der Waals surface area (Å²) >= 11 is 10.6. The number of halogens is 2. The molecule has 26 heavy (non-hydrogen) atoms. The molecule has 132 valence electrons. The molecule has 2 aromatic carbocycles. The van der Waals surface area contributed by atoms with E-state index in [1.807, 2.05) is 29.6 Å². The lowest BCUT2D eigenvalue weighted by atomic mass is 10.1. The molecular formula is C19H14BrClN2O2S. The number of benzene rings is 2. The molecule has 0 radical (unpaired) electrons. The van der Waals surface area contributed by atoms with Crippen LogP contribution >= 0.6 is 38.9 Å². The van der Waals surface area contributed by atoms with E-state index in [0.29, 0.717) is 15.7 Å². The number of nitrogens with zero attached hydrogens (tertiary/aromatic N) is 1. The third kappa shape index (κ3) is 5.00. The standard InChI is InChI=1S/C19H14BrClN2O2S/c20-14-5-1-12(2-6-14)16-11-26-19(22-16)23-18(25)10-9-17(24)13-3-7-15(21)8-4-13/h1-8,11H,9-10H2,(H,22,23,25). The van der Waals surface area contributed by atoms with Crippen molar-refractivity contribution in [3.63, 3.8) is 0 Å². The van der Waals surface area contributed by atoms with Gasteiger partial charge in [0.15, 0.2) is 10.9 Å². The zero-order valence-corrected chi connectivity index (χ0v) is 16.7. The van der Waals surface area contributed by atoms with Gasteiger partial charge in [-0.15, -0.1) is 11.3 Å². The smallest absolute Gasteiger partial charge is 0.226 e. The first-order valence-corrected chi connectivity index (χ1v) is 9.86.